The summed E-state index contributed by atoms with van der Waals surface area (Å²) in [5, 5.41) is 21.5. The second-order valence-corrected chi connectivity index (χ2v) is 4.62. The Kier molecular flexibility index (Phi) is 3.72. The van der Waals surface area contributed by atoms with Crippen LogP contribution in [0, 0.1) is 5.92 Å². The summed E-state index contributed by atoms with van der Waals surface area (Å²) in [5.41, 5.74) is 0.248. The molecule has 1 aliphatic heterocycles. The number of ether oxygens (including phenoxy) is 1. The van der Waals surface area contributed by atoms with Crippen LogP contribution in [0.3, 0.4) is 0 Å². The van der Waals surface area contributed by atoms with E-state index in [4.69, 9.17) is 4.74 Å². The van der Waals surface area contributed by atoms with E-state index in [1.54, 1.807) is 0 Å². The lowest BCUT2D eigenvalue weighted by atomic mass is 10.0. The maximum Gasteiger partial charge on any atom is 0.251 e. The molecule has 1 saturated heterocycles. The predicted molar refractivity (Wildman–Crippen MR) is 65.6 cm³/mol. The number of phenolic OH excluding ortho intramolecular Hbond substituents is 2. The van der Waals surface area contributed by atoms with E-state index in [-0.39, 0.29) is 29.0 Å². The molecule has 18 heavy (non-hydrogen) atoms. The van der Waals surface area contributed by atoms with Gasteiger partial charge in [-0.15, -0.1) is 0 Å². The lowest BCUT2D eigenvalue weighted by Gasteiger charge is -2.19. The Balaban J connectivity index is 2.02. The van der Waals surface area contributed by atoms with E-state index in [2.05, 4.69) is 5.32 Å². The number of aromatic hydroxyl groups is 2. The van der Waals surface area contributed by atoms with Gasteiger partial charge in [0.2, 0.25) is 0 Å². The Labute approximate surface area is 105 Å². The van der Waals surface area contributed by atoms with Gasteiger partial charge in [-0.2, -0.15) is 0 Å². The highest BCUT2D eigenvalue weighted by Crippen LogP contribution is 2.21. The average Bonchev–Trinajstić information content (AvgIpc) is 2.80. The van der Waals surface area contributed by atoms with Crippen molar-refractivity contribution in [2.75, 3.05) is 13.2 Å². The molecule has 1 aromatic carbocycles. The highest BCUT2D eigenvalue weighted by molar-refractivity contribution is 5.95. The van der Waals surface area contributed by atoms with Crippen LogP contribution in [-0.2, 0) is 4.74 Å². The number of phenols is 2. The molecule has 0 radical (unpaired) electrons. The minimum absolute atomic E-state index is 0.00416. The number of carbonyl (C=O) groups excluding carboxylic acids is 1. The van der Waals surface area contributed by atoms with Crippen LogP contribution in [0.1, 0.15) is 23.7 Å². The van der Waals surface area contributed by atoms with E-state index >= 15 is 0 Å². The van der Waals surface area contributed by atoms with E-state index < -0.39 is 0 Å². The lowest BCUT2D eigenvalue weighted by Crippen LogP contribution is -2.38. The van der Waals surface area contributed by atoms with Crippen molar-refractivity contribution < 1.29 is 19.7 Å². The molecule has 98 valence electrons. The van der Waals surface area contributed by atoms with Gasteiger partial charge < -0.3 is 20.3 Å². The van der Waals surface area contributed by atoms with Crippen molar-refractivity contribution in [3.63, 3.8) is 0 Å². The average molecular weight is 251 g/mol. The van der Waals surface area contributed by atoms with Crippen molar-refractivity contribution in [3.05, 3.63) is 23.8 Å². The predicted octanol–water partition coefficient (Wildman–Crippen LogP) is 1.25. The fourth-order valence-electron chi connectivity index (χ4n) is 2.08. The first kappa shape index (κ1) is 12.7. The minimum Gasteiger partial charge on any atom is -0.508 e. The first-order valence-corrected chi connectivity index (χ1v) is 5.98. The summed E-state index contributed by atoms with van der Waals surface area (Å²) >= 11 is 0. The van der Waals surface area contributed by atoms with Gasteiger partial charge in [0, 0.05) is 30.2 Å². The van der Waals surface area contributed by atoms with Crippen LogP contribution in [0.5, 0.6) is 11.5 Å². The molecular weight excluding hydrogens is 234 g/mol. The molecule has 1 aliphatic rings. The van der Waals surface area contributed by atoms with Gasteiger partial charge in [-0.05, 0) is 25.5 Å². The molecule has 2 rings (SSSR count). The quantitative estimate of drug-likeness (QED) is 0.755. The third-order valence-electron chi connectivity index (χ3n) is 3.20. The van der Waals surface area contributed by atoms with Gasteiger partial charge in [0.25, 0.3) is 5.91 Å². The van der Waals surface area contributed by atoms with Crippen LogP contribution in [0.2, 0.25) is 0 Å². The van der Waals surface area contributed by atoms with Gasteiger partial charge in [0.15, 0.2) is 0 Å². The van der Waals surface area contributed by atoms with E-state index in [1.165, 1.54) is 18.2 Å². The lowest BCUT2D eigenvalue weighted by molar-refractivity contribution is 0.0921. The van der Waals surface area contributed by atoms with Crippen LogP contribution >= 0.6 is 0 Å². The zero-order valence-electron chi connectivity index (χ0n) is 10.2. The summed E-state index contributed by atoms with van der Waals surface area (Å²) in [6, 6.07) is 3.84. The molecule has 5 nitrogen and oxygen atoms in total. The standard InChI is InChI=1S/C13H17NO4/c1-8(9-2-3-18-7-9)14-13(17)10-4-11(15)6-12(16)5-10/h4-6,8-9,15-16H,2-3,7H2,1H3,(H,14,17). The van der Waals surface area contributed by atoms with E-state index in [9.17, 15) is 15.0 Å². The van der Waals surface area contributed by atoms with Gasteiger partial charge in [-0.25, -0.2) is 0 Å². The van der Waals surface area contributed by atoms with E-state index in [0.29, 0.717) is 12.5 Å². The second kappa shape index (κ2) is 5.27. The highest BCUT2D eigenvalue weighted by atomic mass is 16.5. The first-order chi connectivity index (χ1) is 8.56. The van der Waals surface area contributed by atoms with Crippen molar-refractivity contribution in [2.24, 2.45) is 5.92 Å². The van der Waals surface area contributed by atoms with Gasteiger partial charge in [-0.3, -0.25) is 4.79 Å². The molecular formula is C13H17NO4. The Bertz CT molecular complexity index is 420. The number of rotatable bonds is 3. The van der Waals surface area contributed by atoms with Gasteiger partial charge in [0.1, 0.15) is 11.5 Å². The number of hydrogen-bond acceptors (Lipinski definition) is 4. The molecule has 0 spiro atoms. The molecule has 0 bridgehead atoms. The molecule has 1 aromatic rings. The molecule has 1 heterocycles. The van der Waals surface area contributed by atoms with E-state index in [1.807, 2.05) is 6.92 Å². The number of carbonyl (C=O) groups is 1. The SMILES string of the molecule is CC(NC(=O)c1cc(O)cc(O)c1)C1CCOC1. The van der Waals surface area contributed by atoms with Crippen molar-refractivity contribution >= 4 is 5.91 Å². The molecule has 1 amide bonds. The Hall–Kier alpha value is -1.75. The molecule has 1 fully saturated rings. The van der Waals surface area contributed by atoms with Crippen molar-refractivity contribution in [1.82, 2.24) is 5.32 Å². The van der Waals surface area contributed by atoms with Gasteiger partial charge in [-0.1, -0.05) is 0 Å². The summed E-state index contributed by atoms with van der Waals surface area (Å²) in [7, 11) is 0. The third-order valence-corrected chi connectivity index (χ3v) is 3.20. The summed E-state index contributed by atoms with van der Waals surface area (Å²) in [4.78, 5) is 11.9. The summed E-state index contributed by atoms with van der Waals surface area (Å²) < 4.78 is 5.27. The van der Waals surface area contributed by atoms with Crippen LogP contribution in [-0.4, -0.2) is 35.4 Å². The van der Waals surface area contributed by atoms with Crippen LogP contribution < -0.4 is 5.32 Å². The number of hydrogen-bond donors (Lipinski definition) is 3. The molecule has 0 saturated carbocycles. The van der Waals surface area contributed by atoms with E-state index in [0.717, 1.165) is 13.0 Å². The molecule has 2 atom stereocenters. The largest absolute Gasteiger partial charge is 0.508 e. The molecule has 0 aromatic heterocycles. The van der Waals surface area contributed by atoms with Gasteiger partial charge >= 0.3 is 0 Å². The first-order valence-electron chi connectivity index (χ1n) is 5.98. The van der Waals surface area contributed by atoms with Crippen molar-refractivity contribution in [1.29, 1.82) is 0 Å². The van der Waals surface area contributed by atoms with Crippen LogP contribution in [0.4, 0.5) is 0 Å². The maximum absolute atomic E-state index is 11.9. The smallest absolute Gasteiger partial charge is 0.251 e. The Morgan fingerprint density at radius 3 is 2.61 bits per heavy atom. The molecule has 3 N–H and O–H groups in total. The number of benzene rings is 1. The summed E-state index contributed by atoms with van der Waals surface area (Å²) in [6.45, 7) is 3.32. The fraction of sp³-hybridized carbons (Fsp3) is 0.462. The van der Waals surface area contributed by atoms with Crippen molar-refractivity contribution in [2.45, 2.75) is 19.4 Å². The third kappa shape index (κ3) is 2.92. The Morgan fingerprint density at radius 1 is 1.39 bits per heavy atom. The molecule has 0 aliphatic carbocycles. The zero-order chi connectivity index (χ0) is 13.1. The van der Waals surface area contributed by atoms with Gasteiger partial charge in [0.05, 0.1) is 6.61 Å². The normalized spacial score (nSPS) is 20.6. The monoisotopic (exact) mass is 251 g/mol. The minimum atomic E-state index is -0.305. The van der Waals surface area contributed by atoms with Crippen LogP contribution in [0.15, 0.2) is 18.2 Å². The zero-order valence-corrected chi connectivity index (χ0v) is 10.2. The number of amides is 1. The van der Waals surface area contributed by atoms with Crippen molar-refractivity contribution in [3.8, 4) is 11.5 Å². The fourth-order valence-corrected chi connectivity index (χ4v) is 2.08. The Morgan fingerprint density at radius 2 is 2.06 bits per heavy atom. The molecule has 2 unspecified atom stereocenters. The van der Waals surface area contributed by atoms with Crippen LogP contribution in [0.25, 0.3) is 0 Å². The second-order valence-electron chi connectivity index (χ2n) is 4.62. The molecule has 5 heteroatoms. The number of nitrogens with one attached hydrogen (secondary N) is 1. The summed E-state index contributed by atoms with van der Waals surface area (Å²) in [6.07, 6.45) is 0.937. The topological polar surface area (TPSA) is 78.8 Å². The summed E-state index contributed by atoms with van der Waals surface area (Å²) in [5.74, 6) is -0.241. The highest BCUT2D eigenvalue weighted by Gasteiger charge is 2.24. The maximum atomic E-state index is 11.9.